The number of anilines is 1. The molecule has 1 aliphatic rings. The van der Waals surface area contributed by atoms with Crippen molar-refractivity contribution < 1.29 is 19.0 Å². The highest BCUT2D eigenvalue weighted by Crippen LogP contribution is 2.40. The highest BCUT2D eigenvalue weighted by molar-refractivity contribution is 7.22. The summed E-state index contributed by atoms with van der Waals surface area (Å²) in [4.78, 5) is 23.1. The Bertz CT molecular complexity index is 1000. The van der Waals surface area contributed by atoms with Crippen LogP contribution in [0.25, 0.3) is 16.3 Å². The van der Waals surface area contributed by atoms with Crippen molar-refractivity contribution in [1.29, 1.82) is 0 Å². The second-order valence-electron chi connectivity index (χ2n) is 6.94. The van der Waals surface area contributed by atoms with Gasteiger partial charge in [-0.1, -0.05) is 17.4 Å². The van der Waals surface area contributed by atoms with Crippen molar-refractivity contribution in [3.63, 3.8) is 0 Å². The van der Waals surface area contributed by atoms with E-state index in [1.54, 1.807) is 36.5 Å². The Hall–Kier alpha value is -2.46. The number of carbonyl (C=O) groups excluding carboxylic acids is 1. The molecule has 31 heavy (non-hydrogen) atoms. The summed E-state index contributed by atoms with van der Waals surface area (Å²) in [6.07, 6.45) is 3.47. The summed E-state index contributed by atoms with van der Waals surface area (Å²) in [5, 5.41) is 2.62. The number of methoxy groups -OCH3 is 2. The molecule has 9 heteroatoms. The third kappa shape index (κ3) is 5.07. The van der Waals surface area contributed by atoms with E-state index >= 15 is 0 Å². The van der Waals surface area contributed by atoms with Crippen LogP contribution in [-0.2, 0) is 9.53 Å². The third-order valence-electron chi connectivity index (χ3n) is 5.07. The molecule has 7 nitrogen and oxygen atoms in total. The average Bonchev–Trinajstić information content (AvgIpc) is 3.48. The van der Waals surface area contributed by atoms with E-state index in [4.69, 9.17) is 19.2 Å². The number of fused-ring (bicyclic) bond motifs is 1. The molecule has 0 unspecified atom stereocenters. The summed E-state index contributed by atoms with van der Waals surface area (Å²) in [5.41, 5.74) is 0.702. The minimum Gasteiger partial charge on any atom is -0.495 e. The average molecular weight is 460 g/mol. The monoisotopic (exact) mass is 459 g/mol. The Kier molecular flexibility index (Phi) is 7.18. The quantitative estimate of drug-likeness (QED) is 0.478. The molecule has 0 N–H and O–H groups in total. The molecule has 3 aromatic rings. The summed E-state index contributed by atoms with van der Waals surface area (Å²) >= 11 is 3.04. The summed E-state index contributed by atoms with van der Waals surface area (Å²) in [7, 11) is 3.25. The van der Waals surface area contributed by atoms with Crippen LogP contribution in [0.1, 0.15) is 4.88 Å². The first-order chi connectivity index (χ1) is 15.2. The third-order valence-corrected chi connectivity index (χ3v) is 7.00. The zero-order valence-electron chi connectivity index (χ0n) is 17.6. The van der Waals surface area contributed by atoms with Gasteiger partial charge in [-0.2, -0.15) is 0 Å². The first kappa shape index (κ1) is 21.8. The standard InChI is InChI=1S/C22H25N3O4S2/c1-27-17-6-7-18(28-2)21-20(17)23-22(31-21)25(10-9-24-11-13-29-14-12-24)19(26)8-5-16-4-3-15-30-16/h3-8,15H,9-14H2,1-2H3/b8-5+. The molecule has 1 saturated heterocycles. The van der Waals surface area contributed by atoms with Crippen LogP contribution in [-0.4, -0.2) is 69.4 Å². The number of hydrogen-bond acceptors (Lipinski definition) is 8. The van der Waals surface area contributed by atoms with Crippen LogP contribution >= 0.6 is 22.7 Å². The van der Waals surface area contributed by atoms with E-state index in [2.05, 4.69) is 4.90 Å². The lowest BCUT2D eigenvalue weighted by Crippen LogP contribution is -2.42. The molecule has 3 heterocycles. The lowest BCUT2D eigenvalue weighted by atomic mass is 10.3. The Morgan fingerprint density at radius 2 is 2.00 bits per heavy atom. The smallest absolute Gasteiger partial charge is 0.252 e. The van der Waals surface area contributed by atoms with E-state index in [-0.39, 0.29) is 5.91 Å². The molecule has 164 valence electrons. The molecular formula is C22H25N3O4S2. The van der Waals surface area contributed by atoms with Crippen LogP contribution in [0.5, 0.6) is 11.5 Å². The van der Waals surface area contributed by atoms with Crippen molar-refractivity contribution in [2.45, 2.75) is 0 Å². The lowest BCUT2D eigenvalue weighted by Gasteiger charge is -2.28. The van der Waals surface area contributed by atoms with Gasteiger partial charge >= 0.3 is 0 Å². The van der Waals surface area contributed by atoms with Gasteiger partial charge in [-0.25, -0.2) is 4.98 Å². The zero-order valence-corrected chi connectivity index (χ0v) is 19.2. The summed E-state index contributed by atoms with van der Waals surface area (Å²) in [5.74, 6) is 1.28. The number of ether oxygens (including phenoxy) is 3. The van der Waals surface area contributed by atoms with Crippen molar-refractivity contribution in [3.05, 3.63) is 40.6 Å². The fraction of sp³-hybridized carbons (Fsp3) is 0.364. The van der Waals surface area contributed by atoms with Gasteiger partial charge in [0.05, 0.1) is 27.4 Å². The zero-order chi connectivity index (χ0) is 21.6. The molecule has 0 saturated carbocycles. The molecule has 0 spiro atoms. The van der Waals surface area contributed by atoms with Crippen molar-refractivity contribution in [2.75, 3.05) is 58.5 Å². The summed E-state index contributed by atoms with van der Waals surface area (Å²) in [6, 6.07) is 7.65. The van der Waals surface area contributed by atoms with E-state index in [1.165, 1.54) is 11.3 Å². The molecule has 1 aromatic carbocycles. The highest BCUT2D eigenvalue weighted by atomic mass is 32.1. The summed E-state index contributed by atoms with van der Waals surface area (Å²) in [6.45, 7) is 4.48. The number of benzene rings is 1. The molecule has 0 bridgehead atoms. The molecule has 1 fully saturated rings. The number of thiazole rings is 1. The van der Waals surface area contributed by atoms with Crippen LogP contribution in [0, 0.1) is 0 Å². The number of morpholine rings is 1. The first-order valence-electron chi connectivity index (χ1n) is 10.0. The Morgan fingerprint density at radius 3 is 2.71 bits per heavy atom. The van der Waals surface area contributed by atoms with Gasteiger partial charge in [0.1, 0.15) is 21.7 Å². The Morgan fingerprint density at radius 1 is 1.23 bits per heavy atom. The number of nitrogens with zero attached hydrogens (tertiary/aromatic N) is 3. The van der Waals surface area contributed by atoms with E-state index in [1.807, 2.05) is 35.7 Å². The van der Waals surface area contributed by atoms with Gasteiger partial charge in [-0.05, 0) is 29.7 Å². The number of hydrogen-bond donors (Lipinski definition) is 0. The van der Waals surface area contributed by atoms with Gasteiger partial charge in [-0.3, -0.25) is 14.6 Å². The minimum absolute atomic E-state index is 0.0985. The molecule has 0 radical (unpaired) electrons. The molecule has 1 aliphatic heterocycles. The second-order valence-corrected chi connectivity index (χ2v) is 8.89. The second kappa shape index (κ2) is 10.2. The number of rotatable bonds is 8. The van der Waals surface area contributed by atoms with Gasteiger partial charge in [0.15, 0.2) is 5.13 Å². The van der Waals surface area contributed by atoms with Crippen LogP contribution in [0.15, 0.2) is 35.7 Å². The van der Waals surface area contributed by atoms with Gasteiger partial charge in [0.2, 0.25) is 0 Å². The highest BCUT2D eigenvalue weighted by Gasteiger charge is 2.22. The maximum Gasteiger partial charge on any atom is 0.252 e. The number of amides is 1. The fourth-order valence-corrected chi connectivity index (χ4v) is 5.11. The van der Waals surface area contributed by atoms with Crippen LogP contribution in [0.3, 0.4) is 0 Å². The minimum atomic E-state index is -0.0985. The molecule has 1 amide bonds. The Labute approximate surface area is 189 Å². The van der Waals surface area contributed by atoms with E-state index in [0.29, 0.717) is 28.7 Å². The SMILES string of the molecule is COc1ccc(OC)c2sc(N(CCN3CCOCC3)C(=O)/C=C/c3cccs3)nc12. The normalized spacial score (nSPS) is 14.9. The molecule has 0 atom stereocenters. The van der Waals surface area contributed by atoms with E-state index in [0.717, 1.165) is 42.4 Å². The van der Waals surface area contributed by atoms with Gasteiger partial charge in [0.25, 0.3) is 5.91 Å². The van der Waals surface area contributed by atoms with Crippen molar-refractivity contribution >= 4 is 50.0 Å². The number of thiophene rings is 1. The predicted octanol–water partition coefficient (Wildman–Crippen LogP) is 3.75. The Balaban J connectivity index is 1.64. The first-order valence-corrected chi connectivity index (χ1v) is 11.7. The number of carbonyl (C=O) groups is 1. The van der Waals surface area contributed by atoms with Crippen molar-refractivity contribution in [3.8, 4) is 11.5 Å². The van der Waals surface area contributed by atoms with Crippen molar-refractivity contribution in [2.24, 2.45) is 0 Å². The summed E-state index contributed by atoms with van der Waals surface area (Å²) < 4.78 is 17.3. The molecule has 4 rings (SSSR count). The molecule has 2 aromatic heterocycles. The van der Waals surface area contributed by atoms with Crippen LogP contribution in [0.2, 0.25) is 0 Å². The van der Waals surface area contributed by atoms with Crippen LogP contribution in [0.4, 0.5) is 5.13 Å². The predicted molar refractivity (Wildman–Crippen MR) is 126 cm³/mol. The van der Waals surface area contributed by atoms with Gasteiger partial charge in [-0.15, -0.1) is 11.3 Å². The van der Waals surface area contributed by atoms with Gasteiger partial charge < -0.3 is 14.2 Å². The molecule has 0 aliphatic carbocycles. The lowest BCUT2D eigenvalue weighted by molar-refractivity contribution is -0.114. The maximum absolute atomic E-state index is 13.2. The van der Waals surface area contributed by atoms with E-state index in [9.17, 15) is 4.79 Å². The fourth-order valence-electron chi connectivity index (χ4n) is 3.39. The van der Waals surface area contributed by atoms with Crippen LogP contribution < -0.4 is 14.4 Å². The maximum atomic E-state index is 13.2. The topological polar surface area (TPSA) is 64.1 Å². The largest absolute Gasteiger partial charge is 0.495 e. The van der Waals surface area contributed by atoms with Gasteiger partial charge in [0, 0.05) is 37.1 Å². The number of aromatic nitrogens is 1. The van der Waals surface area contributed by atoms with Crippen molar-refractivity contribution in [1.82, 2.24) is 9.88 Å². The van der Waals surface area contributed by atoms with E-state index < -0.39 is 0 Å². The molecular weight excluding hydrogens is 434 g/mol.